The fraction of sp³-hybridized carbons (Fsp3) is 0.286. The molecule has 1 fully saturated rings. The van der Waals surface area contributed by atoms with Gasteiger partial charge in [0.25, 0.3) is 5.91 Å². The molecule has 0 radical (unpaired) electrons. The molecule has 4 aromatic rings. The van der Waals surface area contributed by atoms with Crippen molar-refractivity contribution in [3.05, 3.63) is 98.7 Å². The summed E-state index contributed by atoms with van der Waals surface area (Å²) in [7, 11) is 0. The predicted molar refractivity (Wildman–Crippen MR) is 147 cm³/mol. The smallest absolute Gasteiger partial charge is 0.352 e. The fourth-order valence-corrected chi connectivity index (χ4v) is 4.50. The average Bonchev–Trinajstić information content (AvgIpc) is 3.24. The number of hydrogen-bond donors (Lipinski definition) is 2. The maximum atomic E-state index is 15.5. The highest BCUT2D eigenvalue weighted by Crippen LogP contribution is 2.29. The van der Waals surface area contributed by atoms with Gasteiger partial charge in [-0.25, -0.2) is 18.6 Å². The summed E-state index contributed by atoms with van der Waals surface area (Å²) < 4.78 is 37.8. The number of hydrogen-bond acceptors (Lipinski definition) is 6. The lowest BCUT2D eigenvalue weighted by Gasteiger charge is -2.28. The van der Waals surface area contributed by atoms with Crippen LogP contribution in [0.5, 0.6) is 0 Å². The molecule has 1 amide bonds. The van der Waals surface area contributed by atoms with E-state index < -0.39 is 23.2 Å². The fourth-order valence-electron chi connectivity index (χ4n) is 4.29. The minimum Gasteiger partial charge on any atom is -0.369 e. The summed E-state index contributed by atoms with van der Waals surface area (Å²) in [5.41, 5.74) is -0.0393. The summed E-state index contributed by atoms with van der Waals surface area (Å²) in [5, 5.41) is 9.85. The largest absolute Gasteiger partial charge is 0.369 e. The first-order valence-electron chi connectivity index (χ1n) is 12.9. The van der Waals surface area contributed by atoms with Gasteiger partial charge in [0.05, 0.1) is 22.9 Å². The van der Waals surface area contributed by atoms with Crippen molar-refractivity contribution < 1.29 is 18.3 Å². The van der Waals surface area contributed by atoms with Gasteiger partial charge in [0.1, 0.15) is 18.2 Å². The molecule has 5 rings (SSSR count). The third kappa shape index (κ3) is 5.75. The van der Waals surface area contributed by atoms with E-state index in [1.807, 2.05) is 30.3 Å². The number of anilines is 2. The molecule has 0 unspecified atom stereocenters. The summed E-state index contributed by atoms with van der Waals surface area (Å²) >= 11 is 6.05. The molecule has 0 aliphatic heterocycles. The van der Waals surface area contributed by atoms with E-state index in [1.54, 1.807) is 6.92 Å². The van der Waals surface area contributed by atoms with Gasteiger partial charge < -0.3 is 15.4 Å². The monoisotopic (exact) mass is 568 g/mol. The maximum absolute atomic E-state index is 15.5. The molecule has 12 heteroatoms. The van der Waals surface area contributed by atoms with E-state index in [0.717, 1.165) is 41.6 Å². The van der Waals surface area contributed by atoms with Crippen LogP contribution in [0.3, 0.4) is 0 Å². The van der Waals surface area contributed by atoms with Crippen molar-refractivity contribution in [2.75, 3.05) is 10.6 Å². The van der Waals surface area contributed by atoms with Gasteiger partial charge in [-0.2, -0.15) is 4.68 Å². The quantitative estimate of drug-likeness (QED) is 0.269. The Hall–Kier alpha value is -4.09. The van der Waals surface area contributed by atoms with Crippen LogP contribution in [-0.2, 0) is 24.5 Å². The molecular weight excluding hydrogens is 542 g/mol. The number of nitrogens with zero attached hydrogens (tertiary/aromatic N) is 4. The summed E-state index contributed by atoms with van der Waals surface area (Å²) in [4.78, 5) is 30.7. The first kappa shape index (κ1) is 27.5. The van der Waals surface area contributed by atoms with Crippen molar-refractivity contribution in [3.63, 3.8) is 0 Å². The molecule has 1 aliphatic carbocycles. The molecule has 208 valence electrons. The van der Waals surface area contributed by atoms with Crippen LogP contribution < -0.4 is 16.3 Å². The van der Waals surface area contributed by atoms with Gasteiger partial charge >= 0.3 is 5.69 Å². The molecule has 0 spiro atoms. The van der Waals surface area contributed by atoms with Crippen molar-refractivity contribution in [1.29, 1.82) is 0 Å². The van der Waals surface area contributed by atoms with Gasteiger partial charge in [-0.1, -0.05) is 48.0 Å². The van der Waals surface area contributed by atoms with Crippen molar-refractivity contribution in [2.24, 2.45) is 0 Å². The molecule has 2 heterocycles. The zero-order valence-electron chi connectivity index (χ0n) is 21.7. The normalized spacial score (nSPS) is 13.2. The van der Waals surface area contributed by atoms with Gasteiger partial charge in [-0.05, 0) is 49.9 Å². The number of halogens is 3. The molecule has 0 bridgehead atoms. The summed E-state index contributed by atoms with van der Waals surface area (Å²) in [6.07, 6.45) is 2.66. The molecule has 0 saturated heterocycles. The highest BCUT2D eigenvalue weighted by atomic mass is 35.5. The zero-order valence-corrected chi connectivity index (χ0v) is 22.4. The molecule has 1 saturated carbocycles. The van der Waals surface area contributed by atoms with Crippen LogP contribution in [0, 0.1) is 11.6 Å². The van der Waals surface area contributed by atoms with Gasteiger partial charge in [0.2, 0.25) is 0 Å². The van der Waals surface area contributed by atoms with Gasteiger partial charge in [0, 0.05) is 12.6 Å². The zero-order chi connectivity index (χ0) is 28.2. The Kier molecular flexibility index (Phi) is 8.22. The van der Waals surface area contributed by atoms with Crippen LogP contribution in [0.1, 0.15) is 47.9 Å². The van der Waals surface area contributed by atoms with E-state index in [1.165, 1.54) is 16.7 Å². The molecule has 9 nitrogen and oxygen atoms in total. The minimum absolute atomic E-state index is 0.00873. The predicted octanol–water partition coefficient (Wildman–Crippen LogP) is 5.31. The highest BCUT2D eigenvalue weighted by molar-refractivity contribution is 6.34. The Bertz CT molecular complexity index is 1570. The van der Waals surface area contributed by atoms with E-state index in [4.69, 9.17) is 16.3 Å². The molecule has 2 N–H and O–H groups in total. The van der Waals surface area contributed by atoms with E-state index in [0.29, 0.717) is 12.4 Å². The average molecular weight is 569 g/mol. The van der Waals surface area contributed by atoms with Crippen molar-refractivity contribution >= 4 is 29.0 Å². The third-order valence-electron chi connectivity index (χ3n) is 6.65. The molecule has 2 aromatic heterocycles. The second kappa shape index (κ2) is 12.0. The second-order valence-electron chi connectivity index (χ2n) is 9.35. The van der Waals surface area contributed by atoms with Crippen molar-refractivity contribution in [2.45, 2.75) is 52.0 Å². The number of nitrogens with one attached hydrogen (secondary N) is 2. The Morgan fingerprint density at radius 3 is 2.55 bits per heavy atom. The topological polar surface area (TPSA) is 103 Å². The van der Waals surface area contributed by atoms with Crippen LogP contribution >= 0.6 is 11.6 Å². The van der Waals surface area contributed by atoms with Crippen LogP contribution in [0.2, 0.25) is 5.02 Å². The van der Waals surface area contributed by atoms with Gasteiger partial charge in [0.15, 0.2) is 17.5 Å². The Balaban J connectivity index is 1.47. The second-order valence-corrected chi connectivity index (χ2v) is 9.75. The molecular formula is C28H27ClF2N6O3. The molecule has 1 aliphatic rings. The number of pyridine rings is 1. The van der Waals surface area contributed by atoms with E-state index in [-0.39, 0.29) is 47.1 Å². The molecule has 0 atom stereocenters. The number of amides is 1. The lowest BCUT2D eigenvalue weighted by molar-refractivity contribution is 0.0989. The van der Waals surface area contributed by atoms with Crippen molar-refractivity contribution in [1.82, 2.24) is 19.3 Å². The molecule has 2 aromatic carbocycles. The SMILES string of the molecule is CCn1c(COCc2ccccc2)nn(-c2nc(NC3CCC3)c(C(=O)Nc3c(F)cccc3Cl)cc2F)c1=O. The van der Waals surface area contributed by atoms with Gasteiger partial charge in [-0.15, -0.1) is 5.10 Å². The first-order chi connectivity index (χ1) is 19.4. The summed E-state index contributed by atoms with van der Waals surface area (Å²) in [6.45, 7) is 2.37. The number of benzene rings is 2. The Morgan fingerprint density at radius 1 is 1.10 bits per heavy atom. The van der Waals surface area contributed by atoms with E-state index >= 15 is 4.39 Å². The Morgan fingerprint density at radius 2 is 1.88 bits per heavy atom. The van der Waals surface area contributed by atoms with E-state index in [2.05, 4.69) is 20.7 Å². The van der Waals surface area contributed by atoms with Crippen molar-refractivity contribution in [3.8, 4) is 5.82 Å². The number of ether oxygens (including phenoxy) is 1. The van der Waals surface area contributed by atoms with Gasteiger partial charge in [-0.3, -0.25) is 9.36 Å². The maximum Gasteiger partial charge on any atom is 0.352 e. The summed E-state index contributed by atoms with van der Waals surface area (Å²) in [6, 6.07) is 14.5. The van der Waals surface area contributed by atoms with Crippen LogP contribution in [0.15, 0.2) is 59.4 Å². The lowest BCUT2D eigenvalue weighted by Crippen LogP contribution is -2.30. The van der Waals surface area contributed by atoms with Crippen LogP contribution in [0.4, 0.5) is 20.3 Å². The number of aromatic nitrogens is 4. The summed E-state index contributed by atoms with van der Waals surface area (Å²) in [5.74, 6) is -2.53. The van der Waals surface area contributed by atoms with Crippen LogP contribution in [-0.4, -0.2) is 31.3 Å². The third-order valence-corrected chi connectivity index (χ3v) is 6.96. The Labute approximate surface area is 233 Å². The van der Waals surface area contributed by atoms with E-state index in [9.17, 15) is 14.0 Å². The minimum atomic E-state index is -0.955. The number of carbonyl (C=O) groups excluding carboxylic acids is 1. The number of carbonyl (C=O) groups is 1. The highest BCUT2D eigenvalue weighted by Gasteiger charge is 2.26. The number of rotatable bonds is 10. The first-order valence-corrected chi connectivity index (χ1v) is 13.3. The standard InChI is InChI=1S/C28H27ClF2N6O3/c1-2-36-23(16-40-15-17-8-4-3-5-9-17)35-37(28(36)39)26-22(31)14-19(25(34-26)32-18-10-6-11-18)27(38)33-24-20(29)12-7-13-21(24)30/h3-5,7-9,12-14,18H,2,6,10-11,15-16H2,1H3,(H,32,34)(H,33,38). The number of para-hydroxylation sites is 1. The molecule has 40 heavy (non-hydrogen) atoms. The van der Waals surface area contributed by atoms with Crippen LogP contribution in [0.25, 0.3) is 5.82 Å². The lowest BCUT2D eigenvalue weighted by atomic mass is 9.93.